The van der Waals surface area contributed by atoms with E-state index in [-0.39, 0.29) is 18.1 Å². The van der Waals surface area contributed by atoms with Crippen LogP contribution in [0, 0.1) is 18.3 Å². The van der Waals surface area contributed by atoms with Gasteiger partial charge in [-0.2, -0.15) is 5.26 Å². The largest absolute Gasteiger partial charge is 0.457 e. The summed E-state index contributed by atoms with van der Waals surface area (Å²) in [6, 6.07) is 5.84. The zero-order chi connectivity index (χ0) is 23.6. The molecule has 33 heavy (non-hydrogen) atoms. The van der Waals surface area contributed by atoms with Crippen molar-refractivity contribution in [2.75, 3.05) is 46.4 Å². The fourth-order valence-electron chi connectivity index (χ4n) is 4.74. The summed E-state index contributed by atoms with van der Waals surface area (Å²) in [7, 11) is 1.46. The van der Waals surface area contributed by atoms with Crippen LogP contribution in [0.5, 0.6) is 0 Å². The summed E-state index contributed by atoms with van der Waals surface area (Å²) in [5, 5.41) is 19.8. The predicted octanol–water partition coefficient (Wildman–Crippen LogP) is 1.93. The molecular weight excluding hydrogens is 425 g/mol. The van der Waals surface area contributed by atoms with E-state index >= 15 is 4.39 Å². The highest BCUT2D eigenvalue weighted by atomic mass is 19.1. The molecule has 0 spiro atoms. The summed E-state index contributed by atoms with van der Waals surface area (Å²) >= 11 is 0. The van der Waals surface area contributed by atoms with Crippen LogP contribution in [-0.2, 0) is 22.5 Å². The second kappa shape index (κ2) is 9.74. The minimum Gasteiger partial charge on any atom is -0.457 e. The normalized spacial score (nSPS) is 26.5. The lowest BCUT2D eigenvalue weighted by atomic mass is 9.88. The molecule has 1 aliphatic carbocycles. The molecule has 2 aliphatic heterocycles. The van der Waals surface area contributed by atoms with Crippen molar-refractivity contribution in [2.24, 2.45) is 0 Å². The standard InChI is InChI=1S/C25H30FN3O4/c1-17-18(3-4-20-21(17)16-33-24(20)31)6-8-28-9-11-29(12-10-28)15-23(30)25(26)7-5-22(32-2)19(13-25)14-27/h3-5,7,13,22-23,30H,6,8-12,15-16H2,1-2H3. The van der Waals surface area contributed by atoms with Crippen LogP contribution in [0.2, 0.25) is 0 Å². The van der Waals surface area contributed by atoms with Gasteiger partial charge < -0.3 is 19.5 Å². The summed E-state index contributed by atoms with van der Waals surface area (Å²) in [6.07, 6.45) is 3.01. The van der Waals surface area contributed by atoms with Gasteiger partial charge in [-0.1, -0.05) is 12.1 Å². The number of alkyl halides is 1. The van der Waals surface area contributed by atoms with E-state index in [1.165, 1.54) is 30.9 Å². The third-order valence-electron chi connectivity index (χ3n) is 6.98. The number of β-amino-alcohol motifs (C(OH)–C–C–N with tert-alkyl or cyclic N) is 1. The van der Waals surface area contributed by atoms with Gasteiger partial charge in [-0.15, -0.1) is 0 Å². The van der Waals surface area contributed by atoms with Crippen molar-refractivity contribution in [3.8, 4) is 6.07 Å². The Kier molecular flexibility index (Phi) is 6.96. The van der Waals surface area contributed by atoms with Gasteiger partial charge in [0.2, 0.25) is 0 Å². The number of aliphatic hydroxyl groups excluding tert-OH is 1. The number of halogens is 1. The van der Waals surface area contributed by atoms with E-state index < -0.39 is 17.9 Å². The van der Waals surface area contributed by atoms with Crippen molar-refractivity contribution >= 4 is 5.97 Å². The van der Waals surface area contributed by atoms with Crippen LogP contribution in [-0.4, -0.2) is 85.1 Å². The highest BCUT2D eigenvalue weighted by molar-refractivity contribution is 5.93. The second-order valence-electron chi connectivity index (χ2n) is 8.91. The molecule has 7 nitrogen and oxygen atoms in total. The summed E-state index contributed by atoms with van der Waals surface area (Å²) in [5.41, 5.74) is 2.13. The average Bonchev–Trinajstić information content (AvgIpc) is 3.21. The minimum absolute atomic E-state index is 0.171. The maximum atomic E-state index is 15.3. The van der Waals surface area contributed by atoms with Gasteiger partial charge in [-0.25, -0.2) is 9.18 Å². The number of hydrogen-bond acceptors (Lipinski definition) is 7. The second-order valence-corrected chi connectivity index (χ2v) is 8.91. The number of carbonyl (C=O) groups is 1. The zero-order valence-corrected chi connectivity index (χ0v) is 19.1. The minimum atomic E-state index is -2.08. The molecule has 1 fully saturated rings. The van der Waals surface area contributed by atoms with Crippen LogP contribution in [0.25, 0.3) is 0 Å². The maximum Gasteiger partial charge on any atom is 0.338 e. The quantitative estimate of drug-likeness (QED) is 0.497. The van der Waals surface area contributed by atoms with Crippen molar-refractivity contribution < 1.29 is 23.8 Å². The van der Waals surface area contributed by atoms with E-state index in [1.807, 2.05) is 25.1 Å². The first-order valence-electron chi connectivity index (χ1n) is 11.3. The van der Waals surface area contributed by atoms with Gasteiger partial charge in [0.15, 0.2) is 5.67 Å². The van der Waals surface area contributed by atoms with Gasteiger partial charge >= 0.3 is 5.97 Å². The molecule has 0 saturated carbocycles. The Hall–Kier alpha value is -2.57. The molecular formula is C25H30FN3O4. The Morgan fingerprint density at radius 1 is 1.33 bits per heavy atom. The molecule has 3 unspecified atom stereocenters. The fraction of sp³-hybridized carbons (Fsp3) is 0.520. The van der Waals surface area contributed by atoms with Crippen molar-refractivity contribution in [2.45, 2.75) is 37.8 Å². The molecule has 1 N–H and O–H groups in total. The van der Waals surface area contributed by atoms with E-state index in [9.17, 15) is 15.2 Å². The summed E-state index contributed by atoms with van der Waals surface area (Å²) in [6.45, 7) is 6.62. The Morgan fingerprint density at radius 3 is 2.76 bits per heavy atom. The van der Waals surface area contributed by atoms with Gasteiger partial charge in [0.25, 0.3) is 0 Å². The Labute approximate surface area is 193 Å². The monoisotopic (exact) mass is 455 g/mol. The predicted molar refractivity (Wildman–Crippen MR) is 120 cm³/mol. The molecule has 2 heterocycles. The Morgan fingerprint density at radius 2 is 2.06 bits per heavy atom. The average molecular weight is 456 g/mol. The molecule has 0 aromatic heterocycles. The lowest BCUT2D eigenvalue weighted by molar-refractivity contribution is 0.0100. The first-order chi connectivity index (χ1) is 15.8. The number of benzene rings is 1. The summed E-state index contributed by atoms with van der Waals surface area (Å²) < 4.78 is 25.6. The van der Waals surface area contributed by atoms with E-state index in [1.54, 1.807) is 0 Å². The van der Waals surface area contributed by atoms with Crippen molar-refractivity contribution in [3.05, 3.63) is 58.2 Å². The number of nitriles is 1. The number of carbonyl (C=O) groups excluding carboxylic acids is 1. The first-order valence-corrected chi connectivity index (χ1v) is 11.3. The lowest BCUT2D eigenvalue weighted by Gasteiger charge is -2.38. The molecule has 8 heteroatoms. The Balaban J connectivity index is 1.27. The van der Waals surface area contributed by atoms with Crippen molar-refractivity contribution in [3.63, 3.8) is 0 Å². The van der Waals surface area contributed by atoms with Gasteiger partial charge in [0.1, 0.15) is 18.8 Å². The maximum absolute atomic E-state index is 15.3. The van der Waals surface area contributed by atoms with Crippen LogP contribution < -0.4 is 0 Å². The van der Waals surface area contributed by atoms with Gasteiger partial charge in [-0.05, 0) is 42.7 Å². The molecule has 1 aromatic carbocycles. The van der Waals surface area contributed by atoms with Crippen molar-refractivity contribution in [1.29, 1.82) is 5.26 Å². The SMILES string of the molecule is COC1C=CC(F)(C(O)CN2CCN(CCc3ccc4c(c3C)COC4=O)CC2)C=C1C#N. The van der Waals surface area contributed by atoms with Crippen LogP contribution in [0.4, 0.5) is 4.39 Å². The Bertz CT molecular complexity index is 1010. The van der Waals surface area contributed by atoms with Crippen LogP contribution >= 0.6 is 0 Å². The third kappa shape index (κ3) is 4.87. The van der Waals surface area contributed by atoms with Crippen LogP contribution in [0.3, 0.4) is 0 Å². The molecule has 1 saturated heterocycles. The number of hydrogen-bond donors (Lipinski definition) is 1. The van der Waals surface area contributed by atoms with Gasteiger partial charge in [-0.3, -0.25) is 4.90 Å². The van der Waals surface area contributed by atoms with E-state index in [4.69, 9.17) is 9.47 Å². The topological polar surface area (TPSA) is 86.0 Å². The van der Waals surface area contributed by atoms with E-state index in [0.717, 1.165) is 50.3 Å². The molecule has 176 valence electrons. The van der Waals surface area contributed by atoms with Crippen LogP contribution in [0.1, 0.15) is 27.0 Å². The first kappa shape index (κ1) is 23.6. The molecule has 0 radical (unpaired) electrons. The lowest BCUT2D eigenvalue weighted by Crippen LogP contribution is -2.52. The number of rotatable bonds is 7. The number of methoxy groups -OCH3 is 1. The summed E-state index contributed by atoms with van der Waals surface area (Å²) in [4.78, 5) is 16.1. The number of ether oxygens (including phenoxy) is 2. The zero-order valence-electron chi connectivity index (χ0n) is 19.1. The van der Waals surface area contributed by atoms with Crippen molar-refractivity contribution in [1.82, 2.24) is 9.80 Å². The smallest absolute Gasteiger partial charge is 0.338 e. The number of cyclic esters (lactones) is 1. The van der Waals surface area contributed by atoms with E-state index in [2.05, 4.69) is 9.80 Å². The highest BCUT2D eigenvalue weighted by Crippen LogP contribution is 2.30. The molecule has 3 atom stereocenters. The fourth-order valence-corrected chi connectivity index (χ4v) is 4.74. The number of esters is 1. The number of fused-ring (bicyclic) bond motifs is 1. The van der Waals surface area contributed by atoms with E-state index in [0.29, 0.717) is 12.2 Å². The molecule has 0 bridgehead atoms. The third-order valence-corrected chi connectivity index (χ3v) is 6.98. The molecule has 0 amide bonds. The number of nitrogens with zero attached hydrogens (tertiary/aromatic N) is 3. The van der Waals surface area contributed by atoms with Crippen LogP contribution in [0.15, 0.2) is 35.9 Å². The number of piperazine rings is 1. The summed E-state index contributed by atoms with van der Waals surface area (Å²) in [5.74, 6) is -0.241. The van der Waals surface area contributed by atoms with Gasteiger partial charge in [0, 0.05) is 51.9 Å². The molecule has 1 aromatic rings. The van der Waals surface area contributed by atoms with Gasteiger partial charge in [0.05, 0.1) is 17.2 Å². The highest BCUT2D eigenvalue weighted by Gasteiger charge is 2.39. The molecule has 3 aliphatic rings. The number of aliphatic hydroxyl groups is 1. The molecule has 4 rings (SSSR count).